The maximum Gasteiger partial charge on any atom is 0.316 e. The van der Waals surface area contributed by atoms with Crippen LogP contribution >= 0.6 is 0 Å². The molecule has 0 aliphatic heterocycles. The molecule has 0 aliphatic rings. The fourth-order valence-corrected chi connectivity index (χ4v) is 2.37. The van der Waals surface area contributed by atoms with Crippen LogP contribution in [-0.2, 0) is 0 Å². The number of aromatic amines is 1. The van der Waals surface area contributed by atoms with Gasteiger partial charge in [0.15, 0.2) is 0 Å². The molecule has 2 aromatic heterocycles. The van der Waals surface area contributed by atoms with Crippen LogP contribution in [-0.4, -0.2) is 21.0 Å². The molecule has 0 spiro atoms. The Hall–Kier alpha value is -2.89. The van der Waals surface area contributed by atoms with Crippen molar-refractivity contribution < 1.29 is 4.79 Å². The van der Waals surface area contributed by atoms with Crippen molar-refractivity contribution in [1.82, 2.24) is 15.0 Å². The minimum absolute atomic E-state index is 0.579. The topological polar surface area (TPSA) is 96.7 Å². The number of aryl methyl sites for hydroxylation is 2. The van der Waals surface area contributed by atoms with Crippen molar-refractivity contribution in [1.29, 1.82) is 0 Å². The first-order valence-electron chi connectivity index (χ1n) is 6.53. The Labute approximate surface area is 121 Å². The maximum absolute atomic E-state index is 10.8. The highest BCUT2D eigenvalue weighted by molar-refractivity contribution is 5.94. The highest BCUT2D eigenvalue weighted by Crippen LogP contribution is 2.29. The molecule has 2 amide bonds. The van der Waals surface area contributed by atoms with E-state index in [1.165, 1.54) is 0 Å². The lowest BCUT2D eigenvalue weighted by molar-refractivity contribution is 0.259. The van der Waals surface area contributed by atoms with Crippen molar-refractivity contribution in [3.05, 3.63) is 41.9 Å². The first-order chi connectivity index (χ1) is 10.1. The normalized spacial score (nSPS) is 10.8. The van der Waals surface area contributed by atoms with Crippen molar-refractivity contribution >= 4 is 22.8 Å². The van der Waals surface area contributed by atoms with Crippen molar-refractivity contribution in [2.45, 2.75) is 13.8 Å². The Morgan fingerprint density at radius 2 is 1.90 bits per heavy atom. The lowest BCUT2D eigenvalue weighted by Gasteiger charge is -2.05. The van der Waals surface area contributed by atoms with Crippen LogP contribution in [0.4, 0.5) is 10.5 Å². The summed E-state index contributed by atoms with van der Waals surface area (Å²) >= 11 is 0. The quantitative estimate of drug-likeness (QED) is 0.673. The van der Waals surface area contributed by atoms with Gasteiger partial charge in [-0.05, 0) is 31.5 Å². The smallest absolute Gasteiger partial charge is 0.316 e. The van der Waals surface area contributed by atoms with E-state index >= 15 is 0 Å². The third-order valence-corrected chi connectivity index (χ3v) is 3.52. The number of hydrogen-bond donors (Lipinski definition) is 3. The second-order valence-electron chi connectivity index (χ2n) is 4.89. The molecular formula is C15H15N5O. The number of urea groups is 1. The minimum atomic E-state index is -0.579. The molecule has 3 aromatic rings. The van der Waals surface area contributed by atoms with Crippen LogP contribution in [0.25, 0.3) is 22.3 Å². The van der Waals surface area contributed by atoms with Gasteiger partial charge in [-0.1, -0.05) is 12.1 Å². The molecular weight excluding hydrogens is 266 g/mol. The first kappa shape index (κ1) is 13.1. The van der Waals surface area contributed by atoms with Crippen molar-refractivity contribution in [3.63, 3.8) is 0 Å². The Morgan fingerprint density at radius 1 is 1.19 bits per heavy atom. The molecule has 0 aliphatic carbocycles. The minimum Gasteiger partial charge on any atom is -0.351 e. The molecule has 21 heavy (non-hydrogen) atoms. The number of aromatic nitrogens is 3. The summed E-state index contributed by atoms with van der Waals surface area (Å²) in [6.07, 6.45) is 1.54. The molecule has 0 atom stereocenters. The summed E-state index contributed by atoms with van der Waals surface area (Å²) in [5, 5.41) is 3.56. The molecule has 0 radical (unpaired) electrons. The number of carbonyl (C=O) groups excluding carboxylic acids is 1. The zero-order valence-electron chi connectivity index (χ0n) is 11.8. The van der Waals surface area contributed by atoms with Crippen LogP contribution in [0.5, 0.6) is 0 Å². The number of carbonyl (C=O) groups is 1. The summed E-state index contributed by atoms with van der Waals surface area (Å²) in [7, 11) is 0. The van der Waals surface area contributed by atoms with Crippen molar-refractivity contribution in [2.24, 2.45) is 5.73 Å². The monoisotopic (exact) mass is 281 g/mol. The number of amides is 2. The Kier molecular flexibility index (Phi) is 3.06. The Balaban J connectivity index is 2.10. The number of nitrogens with one attached hydrogen (secondary N) is 2. The van der Waals surface area contributed by atoms with Crippen LogP contribution in [0.15, 0.2) is 30.6 Å². The summed E-state index contributed by atoms with van der Waals surface area (Å²) in [6.45, 7) is 4.06. The number of nitrogens with two attached hydrogens (primary N) is 1. The molecule has 0 saturated heterocycles. The highest BCUT2D eigenvalue weighted by atomic mass is 16.2. The second kappa shape index (κ2) is 4.90. The zero-order chi connectivity index (χ0) is 15.0. The lowest BCUT2D eigenvalue weighted by Crippen LogP contribution is -2.19. The van der Waals surface area contributed by atoms with Gasteiger partial charge in [0.25, 0.3) is 0 Å². The molecule has 1 aromatic carbocycles. The number of anilines is 1. The Morgan fingerprint density at radius 3 is 2.57 bits per heavy atom. The summed E-state index contributed by atoms with van der Waals surface area (Å²) in [4.78, 5) is 22.7. The van der Waals surface area contributed by atoms with Crippen LogP contribution < -0.4 is 11.1 Å². The molecule has 0 unspecified atom stereocenters. The van der Waals surface area contributed by atoms with E-state index in [9.17, 15) is 4.79 Å². The predicted octanol–water partition coefficient (Wildman–Crippen LogP) is 2.73. The van der Waals surface area contributed by atoms with E-state index in [0.29, 0.717) is 5.69 Å². The molecule has 106 valence electrons. The number of hydrogen-bond acceptors (Lipinski definition) is 3. The molecule has 3 rings (SSSR count). The summed E-state index contributed by atoms with van der Waals surface area (Å²) in [6, 6.07) is 6.80. The van der Waals surface area contributed by atoms with E-state index in [1.54, 1.807) is 18.5 Å². The lowest BCUT2D eigenvalue weighted by atomic mass is 10.1. The standard InChI is InChI=1S/C15H15N5O/c1-8-9(2)19-14-12(8)13(17-7-18-14)10-3-5-11(6-4-10)20-15(16)21/h3-7H,1-2H3,(H3,16,20,21)(H,17,18,19). The van der Waals surface area contributed by atoms with E-state index in [2.05, 4.69) is 20.3 Å². The molecule has 0 fully saturated rings. The number of fused-ring (bicyclic) bond motifs is 1. The van der Waals surface area contributed by atoms with Gasteiger partial charge in [-0.25, -0.2) is 14.8 Å². The molecule has 6 heteroatoms. The van der Waals surface area contributed by atoms with Gasteiger partial charge in [0.1, 0.15) is 12.0 Å². The first-order valence-corrected chi connectivity index (χ1v) is 6.53. The summed E-state index contributed by atoms with van der Waals surface area (Å²) in [5.74, 6) is 0. The number of H-pyrrole nitrogens is 1. The van der Waals surface area contributed by atoms with Gasteiger partial charge in [-0.2, -0.15) is 0 Å². The van der Waals surface area contributed by atoms with Gasteiger partial charge < -0.3 is 16.0 Å². The number of benzene rings is 1. The fraction of sp³-hybridized carbons (Fsp3) is 0.133. The van der Waals surface area contributed by atoms with Crippen molar-refractivity contribution in [3.8, 4) is 11.3 Å². The van der Waals surface area contributed by atoms with Gasteiger partial charge in [-0.15, -0.1) is 0 Å². The van der Waals surface area contributed by atoms with Crippen LogP contribution in [0.2, 0.25) is 0 Å². The SMILES string of the molecule is Cc1[nH]c2ncnc(-c3ccc(NC(N)=O)cc3)c2c1C. The highest BCUT2D eigenvalue weighted by Gasteiger charge is 2.12. The number of nitrogens with zero attached hydrogens (tertiary/aromatic N) is 2. The zero-order valence-corrected chi connectivity index (χ0v) is 11.8. The van der Waals surface area contributed by atoms with Gasteiger partial charge >= 0.3 is 6.03 Å². The predicted molar refractivity (Wildman–Crippen MR) is 82.0 cm³/mol. The third-order valence-electron chi connectivity index (χ3n) is 3.52. The van der Waals surface area contributed by atoms with Crippen LogP contribution in [0.1, 0.15) is 11.3 Å². The van der Waals surface area contributed by atoms with Gasteiger partial charge in [0.05, 0.1) is 5.69 Å². The van der Waals surface area contributed by atoms with Crippen LogP contribution in [0, 0.1) is 13.8 Å². The average molecular weight is 281 g/mol. The van der Waals surface area contributed by atoms with Crippen LogP contribution in [0.3, 0.4) is 0 Å². The average Bonchev–Trinajstić information content (AvgIpc) is 2.74. The second-order valence-corrected chi connectivity index (χ2v) is 4.89. The Bertz CT molecular complexity index is 820. The largest absolute Gasteiger partial charge is 0.351 e. The van der Waals surface area contributed by atoms with Gasteiger partial charge in [0.2, 0.25) is 0 Å². The van der Waals surface area contributed by atoms with Gasteiger partial charge in [-0.3, -0.25) is 0 Å². The fourth-order valence-electron chi connectivity index (χ4n) is 2.37. The molecule has 4 N–H and O–H groups in total. The molecule has 6 nitrogen and oxygen atoms in total. The van der Waals surface area contributed by atoms with E-state index in [4.69, 9.17) is 5.73 Å². The summed E-state index contributed by atoms with van der Waals surface area (Å²) in [5.41, 5.74) is 10.6. The van der Waals surface area contributed by atoms with E-state index in [-0.39, 0.29) is 0 Å². The van der Waals surface area contributed by atoms with Gasteiger partial charge in [0, 0.05) is 22.3 Å². The maximum atomic E-state index is 10.8. The molecule has 0 bridgehead atoms. The van der Waals surface area contributed by atoms with E-state index in [0.717, 1.165) is 33.5 Å². The van der Waals surface area contributed by atoms with Crippen molar-refractivity contribution in [2.75, 3.05) is 5.32 Å². The van der Waals surface area contributed by atoms with E-state index < -0.39 is 6.03 Å². The van der Waals surface area contributed by atoms with E-state index in [1.807, 2.05) is 26.0 Å². The number of primary amides is 1. The summed E-state index contributed by atoms with van der Waals surface area (Å²) < 4.78 is 0. The number of rotatable bonds is 2. The third kappa shape index (κ3) is 2.31. The molecule has 0 saturated carbocycles. The molecule has 2 heterocycles.